The Morgan fingerprint density at radius 3 is 2.95 bits per heavy atom. The quantitative estimate of drug-likeness (QED) is 0.628. The number of carbonyl (C=O) groups is 1. The molecule has 0 saturated carbocycles. The molecule has 6 heteroatoms. The van der Waals surface area contributed by atoms with E-state index < -0.39 is 5.82 Å². The molecular formula is C14H15FN2O3. The van der Waals surface area contributed by atoms with E-state index in [1.165, 1.54) is 12.1 Å². The number of nitrogen functional groups attached to an aromatic ring is 1. The van der Waals surface area contributed by atoms with Crippen LogP contribution < -0.4 is 11.1 Å². The number of nitrogens with one attached hydrogen (secondary N) is 1. The van der Waals surface area contributed by atoms with Crippen molar-refractivity contribution in [2.45, 2.75) is 13.0 Å². The Labute approximate surface area is 115 Å². The number of benzene rings is 1. The first-order chi connectivity index (χ1) is 9.65. The maximum Gasteiger partial charge on any atom is 0.226 e. The maximum atomic E-state index is 12.8. The van der Waals surface area contributed by atoms with E-state index in [1.54, 1.807) is 18.4 Å². The van der Waals surface area contributed by atoms with Gasteiger partial charge in [0.05, 0.1) is 30.7 Å². The third-order valence-electron chi connectivity index (χ3n) is 2.59. The van der Waals surface area contributed by atoms with Crippen molar-refractivity contribution in [3.05, 3.63) is 48.2 Å². The van der Waals surface area contributed by atoms with Crippen LogP contribution in [0.2, 0.25) is 0 Å². The Hall–Kier alpha value is -2.34. The summed E-state index contributed by atoms with van der Waals surface area (Å²) in [5.41, 5.74) is 6.17. The molecule has 20 heavy (non-hydrogen) atoms. The number of hydrogen-bond acceptors (Lipinski definition) is 4. The van der Waals surface area contributed by atoms with Crippen molar-refractivity contribution in [2.75, 3.05) is 17.7 Å². The van der Waals surface area contributed by atoms with Gasteiger partial charge in [0.25, 0.3) is 0 Å². The smallest absolute Gasteiger partial charge is 0.226 e. The summed E-state index contributed by atoms with van der Waals surface area (Å²) in [5, 5.41) is 2.60. The number of halogens is 1. The van der Waals surface area contributed by atoms with Gasteiger partial charge in [-0.15, -0.1) is 0 Å². The molecular weight excluding hydrogens is 263 g/mol. The van der Waals surface area contributed by atoms with Gasteiger partial charge < -0.3 is 20.2 Å². The molecule has 0 saturated heterocycles. The average Bonchev–Trinajstić information content (AvgIpc) is 2.91. The minimum atomic E-state index is -0.442. The number of rotatable bonds is 6. The molecule has 1 aromatic heterocycles. The third-order valence-corrected chi connectivity index (χ3v) is 2.59. The summed E-state index contributed by atoms with van der Waals surface area (Å²) in [6, 6.07) is 7.37. The van der Waals surface area contributed by atoms with Crippen LogP contribution in [0.15, 0.2) is 41.0 Å². The van der Waals surface area contributed by atoms with E-state index >= 15 is 0 Å². The van der Waals surface area contributed by atoms with Crippen LogP contribution in [0.25, 0.3) is 0 Å². The van der Waals surface area contributed by atoms with E-state index in [9.17, 15) is 9.18 Å². The second-order valence-electron chi connectivity index (χ2n) is 4.16. The summed E-state index contributed by atoms with van der Waals surface area (Å²) in [7, 11) is 0. The van der Waals surface area contributed by atoms with E-state index in [-0.39, 0.29) is 24.6 Å². The SMILES string of the molecule is Nc1cc(F)ccc1NC(=O)CCOCc1ccco1. The molecule has 0 unspecified atom stereocenters. The van der Waals surface area contributed by atoms with Gasteiger partial charge >= 0.3 is 0 Å². The van der Waals surface area contributed by atoms with Crippen LogP contribution >= 0.6 is 0 Å². The zero-order valence-corrected chi connectivity index (χ0v) is 10.8. The minimum Gasteiger partial charge on any atom is -0.467 e. The standard InChI is InChI=1S/C14H15FN2O3/c15-10-3-4-13(12(16)8-10)17-14(18)5-7-19-9-11-2-1-6-20-11/h1-4,6,8H,5,7,9,16H2,(H,17,18). The van der Waals surface area contributed by atoms with E-state index in [1.807, 2.05) is 0 Å². The Morgan fingerprint density at radius 2 is 2.25 bits per heavy atom. The number of carbonyl (C=O) groups excluding carboxylic acids is 1. The third kappa shape index (κ3) is 4.10. The molecule has 1 amide bonds. The van der Waals surface area contributed by atoms with Crippen LogP contribution in [0.5, 0.6) is 0 Å². The van der Waals surface area contributed by atoms with E-state index in [0.717, 1.165) is 6.07 Å². The topological polar surface area (TPSA) is 77.5 Å². The van der Waals surface area contributed by atoms with Gasteiger partial charge in [0.2, 0.25) is 5.91 Å². The summed E-state index contributed by atoms with van der Waals surface area (Å²) in [6.45, 7) is 0.576. The average molecular weight is 278 g/mol. The summed E-state index contributed by atoms with van der Waals surface area (Å²) < 4.78 is 23.2. The first kappa shape index (κ1) is 14.1. The van der Waals surface area contributed by atoms with Crippen molar-refractivity contribution < 1.29 is 18.3 Å². The number of hydrogen-bond donors (Lipinski definition) is 2. The molecule has 0 aliphatic heterocycles. The Bertz CT molecular complexity index is 570. The van der Waals surface area contributed by atoms with Gasteiger partial charge in [-0.25, -0.2) is 4.39 Å². The van der Waals surface area contributed by atoms with Crippen LogP contribution in [-0.4, -0.2) is 12.5 Å². The lowest BCUT2D eigenvalue weighted by Gasteiger charge is -2.08. The van der Waals surface area contributed by atoms with Crippen molar-refractivity contribution in [2.24, 2.45) is 0 Å². The second kappa shape index (κ2) is 6.72. The molecule has 2 rings (SSSR count). The lowest BCUT2D eigenvalue weighted by molar-refractivity contribution is -0.117. The highest BCUT2D eigenvalue weighted by Gasteiger charge is 2.06. The fraction of sp³-hybridized carbons (Fsp3) is 0.214. The molecule has 1 aromatic carbocycles. The zero-order chi connectivity index (χ0) is 14.4. The number of ether oxygens (including phenoxy) is 1. The normalized spacial score (nSPS) is 10.4. The number of anilines is 2. The number of nitrogens with two attached hydrogens (primary N) is 1. The number of amides is 1. The lowest BCUT2D eigenvalue weighted by Crippen LogP contribution is -2.15. The molecule has 0 radical (unpaired) electrons. The van der Waals surface area contributed by atoms with Gasteiger partial charge in [-0.05, 0) is 30.3 Å². The molecule has 3 N–H and O–H groups in total. The highest BCUT2D eigenvalue weighted by Crippen LogP contribution is 2.19. The zero-order valence-electron chi connectivity index (χ0n) is 10.8. The van der Waals surface area contributed by atoms with Crippen molar-refractivity contribution in [1.29, 1.82) is 0 Å². The predicted octanol–water partition coefficient (Wildman–Crippen LogP) is 2.55. The van der Waals surface area contributed by atoms with Crippen molar-refractivity contribution in [1.82, 2.24) is 0 Å². The summed E-state index contributed by atoms with van der Waals surface area (Å²) in [4.78, 5) is 11.6. The Kier molecular flexibility index (Phi) is 4.73. The van der Waals surface area contributed by atoms with Gasteiger partial charge in [-0.1, -0.05) is 0 Å². The first-order valence-electron chi connectivity index (χ1n) is 6.10. The van der Waals surface area contributed by atoms with Gasteiger partial charge in [0.15, 0.2) is 0 Å². The fourth-order valence-electron chi connectivity index (χ4n) is 1.59. The summed E-state index contributed by atoms with van der Waals surface area (Å²) >= 11 is 0. The van der Waals surface area contributed by atoms with Crippen molar-refractivity contribution in [3.63, 3.8) is 0 Å². The summed E-state index contributed by atoms with van der Waals surface area (Å²) in [5.74, 6) is 0.0122. The van der Waals surface area contributed by atoms with Gasteiger partial charge in [0, 0.05) is 0 Å². The van der Waals surface area contributed by atoms with Crippen LogP contribution in [0.1, 0.15) is 12.2 Å². The minimum absolute atomic E-state index is 0.178. The first-order valence-corrected chi connectivity index (χ1v) is 6.10. The molecule has 2 aromatic rings. The van der Waals surface area contributed by atoms with Crippen molar-refractivity contribution >= 4 is 17.3 Å². The molecule has 5 nitrogen and oxygen atoms in total. The summed E-state index contributed by atoms with van der Waals surface area (Å²) in [6.07, 6.45) is 1.74. The van der Waals surface area contributed by atoms with E-state index in [0.29, 0.717) is 18.1 Å². The Morgan fingerprint density at radius 1 is 1.40 bits per heavy atom. The van der Waals surface area contributed by atoms with Crippen molar-refractivity contribution in [3.8, 4) is 0 Å². The van der Waals surface area contributed by atoms with Gasteiger partial charge in [-0.3, -0.25) is 4.79 Å². The lowest BCUT2D eigenvalue weighted by atomic mass is 10.2. The largest absolute Gasteiger partial charge is 0.467 e. The molecule has 0 aliphatic rings. The molecule has 0 fully saturated rings. The highest BCUT2D eigenvalue weighted by atomic mass is 19.1. The van der Waals surface area contributed by atoms with Crippen LogP contribution in [0.4, 0.5) is 15.8 Å². The molecule has 106 valence electrons. The van der Waals surface area contributed by atoms with Gasteiger partial charge in [0.1, 0.15) is 18.2 Å². The van der Waals surface area contributed by atoms with Crippen LogP contribution in [0.3, 0.4) is 0 Å². The van der Waals surface area contributed by atoms with Crippen LogP contribution in [0, 0.1) is 5.82 Å². The molecule has 0 spiro atoms. The van der Waals surface area contributed by atoms with E-state index in [2.05, 4.69) is 5.32 Å². The van der Waals surface area contributed by atoms with Gasteiger partial charge in [-0.2, -0.15) is 0 Å². The van der Waals surface area contributed by atoms with Crippen LogP contribution in [-0.2, 0) is 16.1 Å². The van der Waals surface area contributed by atoms with E-state index in [4.69, 9.17) is 14.9 Å². The number of furan rings is 1. The molecule has 0 aliphatic carbocycles. The Balaban J connectivity index is 1.72. The molecule has 0 bridgehead atoms. The monoisotopic (exact) mass is 278 g/mol. The fourth-order valence-corrected chi connectivity index (χ4v) is 1.59. The maximum absolute atomic E-state index is 12.8. The molecule has 1 heterocycles. The predicted molar refractivity (Wildman–Crippen MR) is 72.4 cm³/mol. The highest BCUT2D eigenvalue weighted by molar-refractivity contribution is 5.93. The second-order valence-corrected chi connectivity index (χ2v) is 4.16. The molecule has 0 atom stereocenters.